The average molecular weight is 297 g/mol. The Morgan fingerprint density at radius 1 is 1.42 bits per heavy atom. The van der Waals surface area contributed by atoms with E-state index in [1.54, 1.807) is 6.07 Å². The normalized spacial score (nSPS) is 10.9. The molecule has 3 nitrogen and oxygen atoms in total. The molecule has 0 bridgehead atoms. The molecule has 0 unspecified atom stereocenters. The molecule has 1 aromatic carbocycles. The van der Waals surface area contributed by atoms with Gasteiger partial charge in [0.2, 0.25) is 0 Å². The fourth-order valence-corrected chi connectivity index (χ4v) is 3.43. The van der Waals surface area contributed by atoms with Crippen LogP contribution in [0.1, 0.15) is 29.9 Å². The summed E-state index contributed by atoms with van der Waals surface area (Å²) in [6, 6.07) is 5.52. The van der Waals surface area contributed by atoms with Gasteiger partial charge in [-0.05, 0) is 31.5 Å². The van der Waals surface area contributed by atoms with Gasteiger partial charge < -0.3 is 10.6 Å². The molecule has 0 saturated heterocycles. The first kappa shape index (κ1) is 14.2. The third-order valence-corrected chi connectivity index (χ3v) is 4.44. The second-order valence-electron chi connectivity index (χ2n) is 4.37. The van der Waals surface area contributed by atoms with Gasteiger partial charge in [-0.15, -0.1) is 11.3 Å². The number of benzene rings is 1. The number of carbonyl (C=O) groups is 1. The molecule has 0 atom stereocenters. The number of anilines is 1. The van der Waals surface area contributed by atoms with Crippen LogP contribution in [0.3, 0.4) is 0 Å². The van der Waals surface area contributed by atoms with Crippen LogP contribution in [0, 0.1) is 0 Å². The minimum absolute atomic E-state index is 0.0131. The lowest BCUT2D eigenvalue weighted by molar-refractivity contribution is 0.0770. The number of nitrogens with zero attached hydrogens (tertiary/aromatic N) is 1. The second-order valence-corrected chi connectivity index (χ2v) is 5.86. The lowest BCUT2D eigenvalue weighted by Gasteiger charge is -2.19. The van der Waals surface area contributed by atoms with Gasteiger partial charge in [0.25, 0.3) is 5.91 Å². The Morgan fingerprint density at radius 3 is 2.79 bits per heavy atom. The second kappa shape index (κ2) is 5.80. The number of nitrogen functional groups attached to an aromatic ring is 1. The standard InChI is InChI=1S/C14H17ClN2OS/c1-3-7-17(4-2)14(18)13-12(16)10-6-5-9(15)8-11(10)19-13/h5-6,8H,3-4,7,16H2,1-2H3. The highest BCUT2D eigenvalue weighted by Crippen LogP contribution is 2.35. The van der Waals surface area contributed by atoms with Crippen molar-refractivity contribution in [3.63, 3.8) is 0 Å². The van der Waals surface area contributed by atoms with E-state index < -0.39 is 0 Å². The molecule has 1 heterocycles. The molecule has 2 rings (SSSR count). The summed E-state index contributed by atoms with van der Waals surface area (Å²) in [6.45, 7) is 5.49. The van der Waals surface area contributed by atoms with Gasteiger partial charge >= 0.3 is 0 Å². The monoisotopic (exact) mass is 296 g/mol. The maximum atomic E-state index is 12.5. The minimum Gasteiger partial charge on any atom is -0.397 e. The van der Waals surface area contributed by atoms with Gasteiger partial charge in [0.1, 0.15) is 4.88 Å². The number of halogens is 1. The molecule has 0 aliphatic carbocycles. The van der Waals surface area contributed by atoms with Crippen LogP contribution in [0.25, 0.3) is 10.1 Å². The zero-order valence-corrected chi connectivity index (χ0v) is 12.6. The Labute approximate surface area is 122 Å². The lowest BCUT2D eigenvalue weighted by Crippen LogP contribution is -2.31. The third-order valence-electron chi connectivity index (χ3n) is 3.05. The van der Waals surface area contributed by atoms with Gasteiger partial charge in [-0.2, -0.15) is 0 Å². The first-order valence-electron chi connectivity index (χ1n) is 6.35. The molecule has 1 amide bonds. The Bertz CT molecular complexity index is 609. The number of nitrogens with two attached hydrogens (primary N) is 1. The van der Waals surface area contributed by atoms with Gasteiger partial charge in [0, 0.05) is 28.2 Å². The highest BCUT2D eigenvalue weighted by molar-refractivity contribution is 7.21. The van der Waals surface area contributed by atoms with Crippen molar-refractivity contribution in [2.75, 3.05) is 18.8 Å². The molecule has 102 valence electrons. The first-order chi connectivity index (χ1) is 9.08. The van der Waals surface area contributed by atoms with Crippen molar-refractivity contribution >= 4 is 44.6 Å². The number of hydrogen-bond acceptors (Lipinski definition) is 3. The SMILES string of the molecule is CCCN(CC)C(=O)c1sc2cc(Cl)ccc2c1N. The summed E-state index contributed by atoms with van der Waals surface area (Å²) in [4.78, 5) is 14.9. The lowest BCUT2D eigenvalue weighted by atomic mass is 10.2. The molecule has 19 heavy (non-hydrogen) atoms. The predicted molar refractivity (Wildman–Crippen MR) is 83.1 cm³/mol. The van der Waals surface area contributed by atoms with Crippen LogP contribution in [0.4, 0.5) is 5.69 Å². The smallest absolute Gasteiger partial charge is 0.266 e. The summed E-state index contributed by atoms with van der Waals surface area (Å²) in [7, 11) is 0. The van der Waals surface area contributed by atoms with Crippen LogP contribution in [-0.2, 0) is 0 Å². The van der Waals surface area contributed by atoms with E-state index in [0.29, 0.717) is 22.1 Å². The molecule has 2 N–H and O–H groups in total. The first-order valence-corrected chi connectivity index (χ1v) is 7.54. The largest absolute Gasteiger partial charge is 0.397 e. The van der Waals surface area contributed by atoms with E-state index in [-0.39, 0.29) is 5.91 Å². The van der Waals surface area contributed by atoms with E-state index in [2.05, 4.69) is 6.92 Å². The van der Waals surface area contributed by atoms with Crippen LogP contribution in [0.2, 0.25) is 5.02 Å². The molecule has 0 saturated carbocycles. The molecular weight excluding hydrogens is 280 g/mol. The van der Waals surface area contributed by atoms with E-state index in [4.69, 9.17) is 17.3 Å². The number of hydrogen-bond donors (Lipinski definition) is 1. The zero-order chi connectivity index (χ0) is 14.0. The van der Waals surface area contributed by atoms with Crippen LogP contribution < -0.4 is 5.73 Å². The van der Waals surface area contributed by atoms with Gasteiger partial charge in [0.15, 0.2) is 0 Å². The summed E-state index contributed by atoms with van der Waals surface area (Å²) >= 11 is 7.38. The van der Waals surface area contributed by atoms with Gasteiger partial charge in [-0.25, -0.2) is 0 Å². The fourth-order valence-electron chi connectivity index (χ4n) is 2.07. The summed E-state index contributed by atoms with van der Waals surface area (Å²) in [5, 5.41) is 1.57. The number of thiophene rings is 1. The van der Waals surface area contributed by atoms with E-state index in [1.807, 2.05) is 24.0 Å². The van der Waals surface area contributed by atoms with E-state index >= 15 is 0 Å². The summed E-state index contributed by atoms with van der Waals surface area (Å²) in [6.07, 6.45) is 0.941. The Morgan fingerprint density at radius 2 is 2.16 bits per heavy atom. The van der Waals surface area contributed by atoms with Crippen LogP contribution in [-0.4, -0.2) is 23.9 Å². The Kier molecular flexibility index (Phi) is 4.32. The number of rotatable bonds is 4. The molecule has 0 aliphatic heterocycles. The van der Waals surface area contributed by atoms with Crippen molar-refractivity contribution in [2.45, 2.75) is 20.3 Å². The number of fused-ring (bicyclic) bond motifs is 1. The van der Waals surface area contributed by atoms with Crippen molar-refractivity contribution in [2.24, 2.45) is 0 Å². The van der Waals surface area contributed by atoms with Crippen LogP contribution >= 0.6 is 22.9 Å². The van der Waals surface area contributed by atoms with Crippen molar-refractivity contribution in [1.29, 1.82) is 0 Å². The molecule has 0 fully saturated rings. The third kappa shape index (κ3) is 2.69. The number of carbonyl (C=O) groups excluding carboxylic acids is 1. The summed E-state index contributed by atoms with van der Waals surface area (Å²) in [5.41, 5.74) is 6.66. The topological polar surface area (TPSA) is 46.3 Å². The summed E-state index contributed by atoms with van der Waals surface area (Å²) in [5.74, 6) is 0.0131. The molecule has 0 aliphatic rings. The zero-order valence-electron chi connectivity index (χ0n) is 11.1. The molecular formula is C14H17ClN2OS. The van der Waals surface area contributed by atoms with Crippen molar-refractivity contribution in [3.05, 3.63) is 28.1 Å². The van der Waals surface area contributed by atoms with E-state index in [0.717, 1.165) is 23.1 Å². The van der Waals surface area contributed by atoms with E-state index in [9.17, 15) is 4.79 Å². The van der Waals surface area contributed by atoms with Crippen molar-refractivity contribution < 1.29 is 4.79 Å². The molecule has 0 spiro atoms. The maximum absolute atomic E-state index is 12.5. The molecule has 5 heteroatoms. The van der Waals surface area contributed by atoms with Crippen molar-refractivity contribution in [3.8, 4) is 0 Å². The van der Waals surface area contributed by atoms with Crippen molar-refractivity contribution in [1.82, 2.24) is 4.90 Å². The van der Waals surface area contributed by atoms with Gasteiger partial charge in [0.05, 0.1) is 5.69 Å². The van der Waals surface area contributed by atoms with Gasteiger partial charge in [-0.1, -0.05) is 18.5 Å². The predicted octanol–water partition coefficient (Wildman–Crippen LogP) is 4.01. The minimum atomic E-state index is 0.0131. The van der Waals surface area contributed by atoms with Crippen LogP contribution in [0.5, 0.6) is 0 Å². The highest BCUT2D eigenvalue weighted by atomic mass is 35.5. The van der Waals surface area contributed by atoms with Gasteiger partial charge in [-0.3, -0.25) is 4.79 Å². The summed E-state index contributed by atoms with van der Waals surface area (Å²) < 4.78 is 0.959. The quantitative estimate of drug-likeness (QED) is 0.926. The van der Waals surface area contributed by atoms with E-state index in [1.165, 1.54) is 11.3 Å². The van der Waals surface area contributed by atoms with Crippen LogP contribution in [0.15, 0.2) is 18.2 Å². The molecule has 1 aromatic heterocycles. The molecule has 0 radical (unpaired) electrons. The maximum Gasteiger partial charge on any atom is 0.266 e. The Hall–Kier alpha value is -1.26. The molecule has 2 aromatic rings. The fraction of sp³-hybridized carbons (Fsp3) is 0.357. The number of amides is 1. The Balaban J connectivity index is 2.44. The average Bonchev–Trinajstić information content (AvgIpc) is 2.72. The highest BCUT2D eigenvalue weighted by Gasteiger charge is 2.20.